The second-order valence-electron chi connectivity index (χ2n) is 6.45. The fraction of sp³-hybridized carbons (Fsp3) is 0.588. The van der Waals surface area contributed by atoms with Crippen LogP contribution in [0.3, 0.4) is 0 Å². The highest BCUT2D eigenvalue weighted by molar-refractivity contribution is 5.75. The van der Waals surface area contributed by atoms with Crippen molar-refractivity contribution in [2.75, 3.05) is 13.2 Å². The molecule has 0 bridgehead atoms. The van der Waals surface area contributed by atoms with Gasteiger partial charge in [-0.25, -0.2) is 4.79 Å². The molecular formula is C17H26N2O2. The van der Waals surface area contributed by atoms with Crippen LogP contribution in [-0.2, 0) is 5.54 Å². The van der Waals surface area contributed by atoms with Crippen LogP contribution in [0.4, 0.5) is 4.79 Å². The zero-order valence-corrected chi connectivity index (χ0v) is 13.2. The second-order valence-corrected chi connectivity index (χ2v) is 6.45. The van der Waals surface area contributed by atoms with E-state index < -0.39 is 5.54 Å². The number of benzene rings is 1. The predicted octanol–water partition coefficient (Wildman–Crippen LogP) is 2.79. The Labute approximate surface area is 127 Å². The molecule has 2 rings (SSSR count). The van der Waals surface area contributed by atoms with E-state index in [2.05, 4.69) is 36.5 Å². The van der Waals surface area contributed by atoms with Crippen LogP contribution < -0.4 is 5.32 Å². The minimum absolute atomic E-state index is 0.0401. The summed E-state index contributed by atoms with van der Waals surface area (Å²) in [6.07, 6.45) is 2.97. The fourth-order valence-electron chi connectivity index (χ4n) is 2.84. The maximum absolute atomic E-state index is 12.5. The number of rotatable bonds is 3. The Morgan fingerprint density at radius 1 is 1.33 bits per heavy atom. The van der Waals surface area contributed by atoms with Crippen LogP contribution in [0.5, 0.6) is 0 Å². The van der Waals surface area contributed by atoms with E-state index in [1.807, 2.05) is 13.8 Å². The molecule has 1 unspecified atom stereocenters. The van der Waals surface area contributed by atoms with Gasteiger partial charge in [-0.2, -0.15) is 0 Å². The number of aliphatic hydroxyl groups is 1. The number of carbonyl (C=O) groups excluding carboxylic acids is 1. The van der Waals surface area contributed by atoms with Gasteiger partial charge in [-0.05, 0) is 45.6 Å². The van der Waals surface area contributed by atoms with Gasteiger partial charge in [0.25, 0.3) is 0 Å². The molecular weight excluding hydrogens is 264 g/mol. The Hall–Kier alpha value is -1.55. The van der Waals surface area contributed by atoms with Gasteiger partial charge in [0.2, 0.25) is 0 Å². The number of nitrogens with zero attached hydrogens (tertiary/aromatic N) is 1. The molecule has 1 aliphatic rings. The molecule has 0 aromatic heterocycles. The molecule has 1 saturated heterocycles. The number of nitrogens with one attached hydrogen (secondary N) is 1. The van der Waals surface area contributed by atoms with Crippen LogP contribution in [0.25, 0.3) is 0 Å². The fourth-order valence-corrected chi connectivity index (χ4v) is 2.84. The monoisotopic (exact) mass is 290 g/mol. The Balaban J connectivity index is 2.08. The van der Waals surface area contributed by atoms with E-state index in [1.54, 1.807) is 4.90 Å². The third kappa shape index (κ3) is 3.76. The molecule has 1 heterocycles. The third-order valence-corrected chi connectivity index (χ3v) is 4.29. The third-order valence-electron chi connectivity index (χ3n) is 4.29. The van der Waals surface area contributed by atoms with Crippen LogP contribution in [0.2, 0.25) is 0 Å². The molecule has 4 nitrogen and oxygen atoms in total. The smallest absolute Gasteiger partial charge is 0.318 e. The van der Waals surface area contributed by atoms with E-state index in [-0.39, 0.29) is 18.7 Å². The summed E-state index contributed by atoms with van der Waals surface area (Å²) in [6, 6.07) is 8.08. The Bertz CT molecular complexity index is 482. The number of piperidine rings is 1. The van der Waals surface area contributed by atoms with Gasteiger partial charge in [0, 0.05) is 6.54 Å². The van der Waals surface area contributed by atoms with Crippen molar-refractivity contribution in [3.63, 3.8) is 0 Å². The zero-order valence-electron chi connectivity index (χ0n) is 13.2. The molecule has 1 fully saturated rings. The quantitative estimate of drug-likeness (QED) is 0.899. The van der Waals surface area contributed by atoms with Crippen molar-refractivity contribution in [1.82, 2.24) is 10.2 Å². The van der Waals surface area contributed by atoms with Crippen molar-refractivity contribution < 1.29 is 9.90 Å². The normalized spacial score (nSPS) is 19.4. The lowest BCUT2D eigenvalue weighted by molar-refractivity contribution is 0.103. The summed E-state index contributed by atoms with van der Waals surface area (Å²) in [5, 5.41) is 12.5. The maximum atomic E-state index is 12.5. The molecule has 1 aromatic rings. The van der Waals surface area contributed by atoms with Crippen molar-refractivity contribution >= 4 is 6.03 Å². The van der Waals surface area contributed by atoms with Gasteiger partial charge < -0.3 is 15.3 Å². The predicted molar refractivity (Wildman–Crippen MR) is 84.2 cm³/mol. The summed E-state index contributed by atoms with van der Waals surface area (Å²) in [5.41, 5.74) is 1.86. The number of aliphatic hydroxyl groups excluding tert-OH is 1. The van der Waals surface area contributed by atoms with Crippen LogP contribution in [-0.4, -0.2) is 35.2 Å². The van der Waals surface area contributed by atoms with Gasteiger partial charge in [-0.1, -0.05) is 29.8 Å². The Kier molecular flexibility index (Phi) is 4.88. The lowest BCUT2D eigenvalue weighted by atomic mass is 9.93. The molecule has 0 saturated carbocycles. The average Bonchev–Trinajstić information content (AvgIpc) is 2.47. The van der Waals surface area contributed by atoms with Gasteiger partial charge >= 0.3 is 6.03 Å². The molecule has 2 N–H and O–H groups in total. The molecule has 1 aliphatic heterocycles. The summed E-state index contributed by atoms with van der Waals surface area (Å²) in [5.74, 6) is 0. The summed E-state index contributed by atoms with van der Waals surface area (Å²) >= 11 is 0. The first-order valence-electron chi connectivity index (χ1n) is 7.71. The van der Waals surface area contributed by atoms with E-state index in [4.69, 9.17) is 0 Å². The minimum Gasteiger partial charge on any atom is -0.394 e. The molecule has 116 valence electrons. The number of aryl methyl sites for hydroxylation is 1. The van der Waals surface area contributed by atoms with Gasteiger partial charge in [-0.3, -0.25) is 0 Å². The average molecular weight is 290 g/mol. The summed E-state index contributed by atoms with van der Waals surface area (Å²) in [4.78, 5) is 14.3. The summed E-state index contributed by atoms with van der Waals surface area (Å²) in [7, 11) is 0. The SMILES string of the molecule is Cc1ccc(C(C)(C)NC(=O)N2CCCCC2CO)cc1. The molecule has 0 aliphatic carbocycles. The second kappa shape index (κ2) is 6.48. The molecule has 4 heteroatoms. The lowest BCUT2D eigenvalue weighted by Gasteiger charge is -2.37. The Morgan fingerprint density at radius 3 is 2.62 bits per heavy atom. The van der Waals surface area contributed by atoms with E-state index in [9.17, 15) is 9.90 Å². The number of hydrogen-bond donors (Lipinski definition) is 2. The molecule has 21 heavy (non-hydrogen) atoms. The standard InChI is InChI=1S/C17H26N2O2/c1-13-7-9-14(10-8-13)17(2,3)18-16(21)19-11-5-4-6-15(19)12-20/h7-10,15,20H,4-6,11-12H2,1-3H3,(H,18,21). The number of carbonyl (C=O) groups is 1. The van der Waals surface area contributed by atoms with Gasteiger partial charge in [0.15, 0.2) is 0 Å². The van der Waals surface area contributed by atoms with Crippen LogP contribution in [0.1, 0.15) is 44.2 Å². The Morgan fingerprint density at radius 2 is 2.00 bits per heavy atom. The van der Waals surface area contributed by atoms with Crippen molar-refractivity contribution in [3.8, 4) is 0 Å². The number of amides is 2. The topological polar surface area (TPSA) is 52.6 Å². The van der Waals surface area contributed by atoms with Gasteiger partial charge in [0.05, 0.1) is 18.2 Å². The first-order chi connectivity index (χ1) is 9.94. The van der Waals surface area contributed by atoms with Crippen molar-refractivity contribution in [3.05, 3.63) is 35.4 Å². The maximum Gasteiger partial charge on any atom is 0.318 e. The molecule has 1 aromatic carbocycles. The first kappa shape index (κ1) is 15.8. The number of likely N-dealkylation sites (tertiary alicyclic amines) is 1. The van der Waals surface area contributed by atoms with E-state index in [0.717, 1.165) is 31.4 Å². The largest absolute Gasteiger partial charge is 0.394 e. The first-order valence-corrected chi connectivity index (χ1v) is 7.71. The zero-order chi connectivity index (χ0) is 15.5. The number of urea groups is 1. The highest BCUT2D eigenvalue weighted by Gasteiger charge is 2.30. The minimum atomic E-state index is -0.428. The van der Waals surface area contributed by atoms with Gasteiger partial charge in [-0.15, -0.1) is 0 Å². The molecule has 2 amide bonds. The molecule has 0 radical (unpaired) electrons. The number of hydrogen-bond acceptors (Lipinski definition) is 2. The van der Waals surface area contributed by atoms with E-state index in [1.165, 1.54) is 5.56 Å². The summed E-state index contributed by atoms with van der Waals surface area (Å²) < 4.78 is 0. The van der Waals surface area contributed by atoms with Crippen molar-refractivity contribution in [2.24, 2.45) is 0 Å². The highest BCUT2D eigenvalue weighted by Crippen LogP contribution is 2.23. The van der Waals surface area contributed by atoms with E-state index in [0.29, 0.717) is 0 Å². The van der Waals surface area contributed by atoms with E-state index >= 15 is 0 Å². The van der Waals surface area contributed by atoms with Crippen LogP contribution in [0, 0.1) is 6.92 Å². The van der Waals surface area contributed by atoms with Crippen LogP contribution in [0.15, 0.2) is 24.3 Å². The van der Waals surface area contributed by atoms with Crippen molar-refractivity contribution in [1.29, 1.82) is 0 Å². The van der Waals surface area contributed by atoms with Crippen LogP contribution >= 0.6 is 0 Å². The molecule has 1 atom stereocenters. The molecule has 0 spiro atoms. The lowest BCUT2D eigenvalue weighted by Crippen LogP contribution is -2.54. The van der Waals surface area contributed by atoms with Crippen molar-refractivity contribution in [2.45, 2.75) is 51.6 Å². The summed E-state index contributed by atoms with van der Waals surface area (Å²) in [6.45, 7) is 6.83. The highest BCUT2D eigenvalue weighted by atomic mass is 16.3. The van der Waals surface area contributed by atoms with Gasteiger partial charge in [0.1, 0.15) is 0 Å².